The Bertz CT molecular complexity index is 514. The lowest BCUT2D eigenvalue weighted by Gasteiger charge is -2.21. The molecule has 1 heterocycles. The Balaban J connectivity index is 1.74. The molecule has 3 atom stereocenters. The molecule has 0 bridgehead atoms. The van der Waals surface area contributed by atoms with Crippen LogP contribution >= 0.6 is 0 Å². The van der Waals surface area contributed by atoms with Crippen molar-refractivity contribution in [2.75, 3.05) is 4.90 Å². The van der Waals surface area contributed by atoms with Crippen LogP contribution in [0.3, 0.4) is 0 Å². The van der Waals surface area contributed by atoms with E-state index in [0.717, 1.165) is 6.42 Å². The fourth-order valence-corrected chi connectivity index (χ4v) is 3.26. The predicted molar refractivity (Wildman–Crippen MR) is 77.3 cm³/mol. The van der Waals surface area contributed by atoms with Crippen LogP contribution in [0.15, 0.2) is 30.3 Å². The summed E-state index contributed by atoms with van der Waals surface area (Å²) in [7, 11) is 0. The van der Waals surface area contributed by atoms with Crippen LogP contribution in [-0.2, 0) is 9.59 Å². The first-order valence-electron chi connectivity index (χ1n) is 7.34. The van der Waals surface area contributed by atoms with Crippen molar-refractivity contribution in [3.05, 3.63) is 30.3 Å². The number of hydrogen-bond acceptors (Lipinski definition) is 3. The first kappa shape index (κ1) is 13.3. The van der Waals surface area contributed by atoms with E-state index in [0.29, 0.717) is 17.6 Å². The quantitative estimate of drug-likeness (QED) is 0.857. The van der Waals surface area contributed by atoms with E-state index in [1.807, 2.05) is 18.2 Å². The Kier molecular flexibility index (Phi) is 3.57. The highest BCUT2D eigenvalue weighted by Gasteiger charge is 2.41. The third-order valence-corrected chi connectivity index (χ3v) is 4.44. The lowest BCUT2D eigenvalue weighted by molar-refractivity contribution is -0.121. The van der Waals surface area contributed by atoms with Gasteiger partial charge in [-0.05, 0) is 30.9 Å². The van der Waals surface area contributed by atoms with Gasteiger partial charge in [0.15, 0.2) is 0 Å². The second-order valence-electron chi connectivity index (χ2n) is 5.84. The standard InChI is InChI=1S/C16H20N2O2/c1-11-6-5-9-13(11)17-14-10-15(19)18(16(14)20)12-7-3-2-4-8-12/h2-4,7-8,11,13-14,17H,5-6,9-10H2,1H3. The zero-order chi connectivity index (χ0) is 14.1. The molecule has 1 aromatic rings. The summed E-state index contributed by atoms with van der Waals surface area (Å²) in [5, 5.41) is 3.40. The molecule has 2 amide bonds. The summed E-state index contributed by atoms with van der Waals surface area (Å²) in [4.78, 5) is 25.9. The molecule has 1 aliphatic heterocycles. The summed E-state index contributed by atoms with van der Waals surface area (Å²) in [5.74, 6) is 0.369. The number of rotatable bonds is 3. The summed E-state index contributed by atoms with van der Waals surface area (Å²) >= 11 is 0. The fraction of sp³-hybridized carbons (Fsp3) is 0.500. The van der Waals surface area contributed by atoms with Gasteiger partial charge in [0.2, 0.25) is 5.91 Å². The molecule has 1 N–H and O–H groups in total. The van der Waals surface area contributed by atoms with Crippen LogP contribution in [0, 0.1) is 5.92 Å². The topological polar surface area (TPSA) is 49.4 Å². The predicted octanol–water partition coefficient (Wildman–Crippen LogP) is 2.10. The second kappa shape index (κ2) is 5.37. The zero-order valence-corrected chi connectivity index (χ0v) is 11.7. The molecule has 1 aliphatic carbocycles. The van der Waals surface area contributed by atoms with E-state index in [2.05, 4.69) is 12.2 Å². The minimum Gasteiger partial charge on any atom is -0.302 e. The van der Waals surface area contributed by atoms with Gasteiger partial charge in [-0.3, -0.25) is 9.59 Å². The first-order valence-corrected chi connectivity index (χ1v) is 7.34. The third kappa shape index (κ3) is 2.36. The molecule has 3 rings (SSSR count). The minimum atomic E-state index is -0.353. The van der Waals surface area contributed by atoms with E-state index in [4.69, 9.17) is 0 Å². The SMILES string of the molecule is CC1CCCC1NC1CC(=O)N(c2ccccc2)C1=O. The first-order chi connectivity index (χ1) is 9.66. The largest absolute Gasteiger partial charge is 0.302 e. The van der Waals surface area contributed by atoms with E-state index in [-0.39, 0.29) is 24.3 Å². The number of anilines is 1. The van der Waals surface area contributed by atoms with Crippen molar-refractivity contribution in [1.29, 1.82) is 0 Å². The Morgan fingerprint density at radius 3 is 2.55 bits per heavy atom. The molecule has 2 fully saturated rings. The summed E-state index contributed by atoms with van der Waals surface area (Å²) < 4.78 is 0. The Morgan fingerprint density at radius 1 is 1.15 bits per heavy atom. The average molecular weight is 272 g/mol. The van der Waals surface area contributed by atoms with E-state index in [1.165, 1.54) is 17.7 Å². The highest BCUT2D eigenvalue weighted by Crippen LogP contribution is 2.28. The molecule has 20 heavy (non-hydrogen) atoms. The summed E-state index contributed by atoms with van der Waals surface area (Å²) in [5.41, 5.74) is 0.672. The van der Waals surface area contributed by atoms with Crippen molar-refractivity contribution in [3.63, 3.8) is 0 Å². The lowest BCUT2D eigenvalue weighted by Crippen LogP contribution is -2.44. The van der Waals surface area contributed by atoms with E-state index in [9.17, 15) is 9.59 Å². The average Bonchev–Trinajstić information content (AvgIpc) is 2.96. The van der Waals surface area contributed by atoms with Gasteiger partial charge in [-0.2, -0.15) is 0 Å². The van der Waals surface area contributed by atoms with Gasteiger partial charge in [-0.25, -0.2) is 4.90 Å². The number of nitrogens with zero attached hydrogens (tertiary/aromatic N) is 1. The van der Waals surface area contributed by atoms with Crippen LogP contribution in [0.4, 0.5) is 5.69 Å². The molecule has 4 nitrogen and oxygen atoms in total. The number of imide groups is 1. The van der Waals surface area contributed by atoms with Gasteiger partial charge in [0.05, 0.1) is 18.2 Å². The zero-order valence-electron chi connectivity index (χ0n) is 11.7. The van der Waals surface area contributed by atoms with Gasteiger partial charge < -0.3 is 5.32 Å². The molecular weight excluding hydrogens is 252 g/mol. The number of carbonyl (C=O) groups excluding carboxylic acids is 2. The van der Waals surface area contributed by atoms with E-state index in [1.54, 1.807) is 12.1 Å². The van der Waals surface area contributed by atoms with Crippen LogP contribution in [-0.4, -0.2) is 23.9 Å². The molecule has 0 radical (unpaired) electrons. The highest BCUT2D eigenvalue weighted by atomic mass is 16.2. The van der Waals surface area contributed by atoms with Crippen LogP contribution in [0.1, 0.15) is 32.6 Å². The van der Waals surface area contributed by atoms with Crippen molar-refractivity contribution in [2.24, 2.45) is 5.92 Å². The van der Waals surface area contributed by atoms with Crippen LogP contribution in [0.2, 0.25) is 0 Å². The number of amides is 2. The van der Waals surface area contributed by atoms with Gasteiger partial charge in [-0.1, -0.05) is 31.5 Å². The van der Waals surface area contributed by atoms with E-state index < -0.39 is 0 Å². The Morgan fingerprint density at radius 2 is 1.90 bits per heavy atom. The van der Waals surface area contributed by atoms with Gasteiger partial charge in [-0.15, -0.1) is 0 Å². The maximum Gasteiger partial charge on any atom is 0.251 e. The molecule has 1 aromatic carbocycles. The number of nitrogens with one attached hydrogen (secondary N) is 1. The molecule has 0 aromatic heterocycles. The van der Waals surface area contributed by atoms with E-state index >= 15 is 0 Å². The molecule has 106 valence electrons. The van der Waals surface area contributed by atoms with Crippen LogP contribution in [0.5, 0.6) is 0 Å². The number of para-hydroxylation sites is 1. The number of carbonyl (C=O) groups is 2. The molecular formula is C16H20N2O2. The van der Waals surface area contributed by atoms with Crippen molar-refractivity contribution < 1.29 is 9.59 Å². The van der Waals surface area contributed by atoms with Crippen molar-refractivity contribution in [1.82, 2.24) is 5.32 Å². The molecule has 1 saturated carbocycles. The normalized spacial score (nSPS) is 30.2. The Hall–Kier alpha value is -1.68. The Labute approximate surface area is 119 Å². The molecule has 4 heteroatoms. The van der Waals surface area contributed by atoms with Crippen LogP contribution in [0.25, 0.3) is 0 Å². The number of benzene rings is 1. The van der Waals surface area contributed by atoms with Gasteiger partial charge in [0, 0.05) is 6.04 Å². The maximum atomic E-state index is 12.5. The van der Waals surface area contributed by atoms with Crippen molar-refractivity contribution in [2.45, 2.75) is 44.7 Å². The molecule has 1 saturated heterocycles. The monoisotopic (exact) mass is 272 g/mol. The maximum absolute atomic E-state index is 12.5. The van der Waals surface area contributed by atoms with Crippen molar-refractivity contribution >= 4 is 17.5 Å². The molecule has 3 unspecified atom stereocenters. The summed E-state index contributed by atoms with van der Waals surface area (Å²) in [6.45, 7) is 2.21. The smallest absolute Gasteiger partial charge is 0.251 e. The summed E-state index contributed by atoms with van der Waals surface area (Å²) in [6.07, 6.45) is 3.78. The number of hydrogen-bond donors (Lipinski definition) is 1. The molecule has 2 aliphatic rings. The van der Waals surface area contributed by atoms with Gasteiger partial charge in [0.1, 0.15) is 0 Å². The highest BCUT2D eigenvalue weighted by molar-refractivity contribution is 6.22. The second-order valence-corrected chi connectivity index (χ2v) is 5.84. The fourth-order valence-electron chi connectivity index (χ4n) is 3.26. The summed E-state index contributed by atoms with van der Waals surface area (Å²) in [6, 6.07) is 9.18. The van der Waals surface area contributed by atoms with Crippen LogP contribution < -0.4 is 10.2 Å². The third-order valence-electron chi connectivity index (χ3n) is 4.44. The lowest BCUT2D eigenvalue weighted by atomic mass is 10.0. The van der Waals surface area contributed by atoms with Crippen molar-refractivity contribution in [3.8, 4) is 0 Å². The minimum absolute atomic E-state index is 0.107. The van der Waals surface area contributed by atoms with Gasteiger partial charge >= 0.3 is 0 Å². The molecule has 0 spiro atoms. The van der Waals surface area contributed by atoms with Gasteiger partial charge in [0.25, 0.3) is 5.91 Å².